The molecule has 0 aliphatic rings. The molecule has 0 bridgehead atoms. The van der Waals surface area contributed by atoms with Crippen molar-refractivity contribution in [1.82, 2.24) is 10.2 Å². The predicted molar refractivity (Wildman–Crippen MR) is 99.6 cm³/mol. The van der Waals surface area contributed by atoms with Gasteiger partial charge in [-0.3, -0.25) is 4.79 Å². The molecule has 0 aliphatic carbocycles. The Kier molecular flexibility index (Phi) is 5.22. The fourth-order valence-electron chi connectivity index (χ4n) is 2.36. The average Bonchev–Trinajstić information content (AvgIpc) is 2.65. The summed E-state index contributed by atoms with van der Waals surface area (Å²) in [6, 6.07) is 15.2. The summed E-state index contributed by atoms with van der Waals surface area (Å²) in [7, 11) is 0. The second-order valence-corrected chi connectivity index (χ2v) is 6.04. The van der Waals surface area contributed by atoms with Crippen LogP contribution in [0, 0.1) is 19.7 Å². The molecule has 2 aromatic carbocycles. The Labute approximate surface area is 151 Å². The molecule has 3 rings (SSSR count). The number of hydrogen-bond acceptors (Lipinski definition) is 4. The molecule has 5 nitrogen and oxygen atoms in total. The van der Waals surface area contributed by atoms with Crippen LogP contribution in [0.5, 0.6) is 0 Å². The maximum atomic E-state index is 12.9. The molecule has 132 valence electrons. The molecule has 1 aromatic heterocycles. The Hall–Kier alpha value is -3.28. The van der Waals surface area contributed by atoms with E-state index in [4.69, 9.17) is 0 Å². The number of rotatable bonds is 5. The van der Waals surface area contributed by atoms with Crippen LogP contribution in [0.4, 0.5) is 15.9 Å². The molecule has 3 aromatic rings. The number of amides is 1. The molecular formula is C20H19FN4O. The summed E-state index contributed by atoms with van der Waals surface area (Å²) < 4.78 is 12.9. The average molecular weight is 350 g/mol. The highest BCUT2D eigenvalue weighted by Gasteiger charge is 2.09. The van der Waals surface area contributed by atoms with Crippen LogP contribution in [0.2, 0.25) is 0 Å². The topological polar surface area (TPSA) is 66.9 Å². The smallest absolute Gasteiger partial charge is 0.276 e. The summed E-state index contributed by atoms with van der Waals surface area (Å²) >= 11 is 0. The Morgan fingerprint density at radius 2 is 1.73 bits per heavy atom. The van der Waals surface area contributed by atoms with E-state index in [2.05, 4.69) is 20.8 Å². The summed E-state index contributed by atoms with van der Waals surface area (Å²) in [6.07, 6.45) is 0. The number of nitrogens with one attached hydrogen (secondary N) is 2. The van der Waals surface area contributed by atoms with Gasteiger partial charge in [0.25, 0.3) is 5.91 Å². The van der Waals surface area contributed by atoms with Gasteiger partial charge < -0.3 is 10.6 Å². The zero-order chi connectivity index (χ0) is 18.5. The Balaban J connectivity index is 1.60. The Morgan fingerprint density at radius 1 is 0.962 bits per heavy atom. The summed E-state index contributed by atoms with van der Waals surface area (Å²) in [6.45, 7) is 4.50. The number of aromatic nitrogens is 2. The molecule has 1 amide bonds. The maximum absolute atomic E-state index is 12.9. The van der Waals surface area contributed by atoms with Gasteiger partial charge in [-0.2, -0.15) is 0 Å². The van der Waals surface area contributed by atoms with Gasteiger partial charge >= 0.3 is 0 Å². The zero-order valence-electron chi connectivity index (χ0n) is 14.6. The molecule has 0 saturated heterocycles. The van der Waals surface area contributed by atoms with Crippen molar-refractivity contribution in [2.24, 2.45) is 0 Å². The van der Waals surface area contributed by atoms with E-state index >= 15 is 0 Å². The first-order valence-electron chi connectivity index (χ1n) is 8.22. The van der Waals surface area contributed by atoms with E-state index < -0.39 is 0 Å². The van der Waals surface area contributed by atoms with Crippen LogP contribution in [0.1, 0.15) is 27.2 Å². The first-order valence-corrected chi connectivity index (χ1v) is 8.22. The van der Waals surface area contributed by atoms with Gasteiger partial charge in [0, 0.05) is 12.2 Å². The monoisotopic (exact) mass is 350 g/mol. The number of hydrogen-bond donors (Lipinski definition) is 2. The SMILES string of the molecule is Cc1ccc(NC(=O)c2ccc(NCc3ccc(F)cc3)nn2)cc1C. The van der Waals surface area contributed by atoms with Crippen LogP contribution in [0.15, 0.2) is 54.6 Å². The zero-order valence-corrected chi connectivity index (χ0v) is 14.6. The first kappa shape index (κ1) is 17.5. The van der Waals surface area contributed by atoms with E-state index in [1.165, 1.54) is 17.7 Å². The van der Waals surface area contributed by atoms with Crippen molar-refractivity contribution in [3.05, 3.63) is 82.8 Å². The number of anilines is 2. The van der Waals surface area contributed by atoms with Crippen LogP contribution in [-0.2, 0) is 6.54 Å². The van der Waals surface area contributed by atoms with Crippen molar-refractivity contribution < 1.29 is 9.18 Å². The molecule has 0 saturated carbocycles. The molecule has 0 radical (unpaired) electrons. The van der Waals surface area contributed by atoms with Gasteiger partial charge in [-0.1, -0.05) is 18.2 Å². The fourth-order valence-corrected chi connectivity index (χ4v) is 2.36. The maximum Gasteiger partial charge on any atom is 0.276 e. The number of carbonyl (C=O) groups is 1. The lowest BCUT2D eigenvalue weighted by atomic mass is 10.1. The van der Waals surface area contributed by atoms with Gasteiger partial charge in [-0.15, -0.1) is 10.2 Å². The Morgan fingerprint density at radius 3 is 2.38 bits per heavy atom. The molecule has 0 atom stereocenters. The molecule has 0 unspecified atom stereocenters. The molecule has 26 heavy (non-hydrogen) atoms. The molecule has 0 aliphatic heterocycles. The fraction of sp³-hybridized carbons (Fsp3) is 0.150. The molecule has 6 heteroatoms. The van der Waals surface area contributed by atoms with E-state index in [0.717, 1.165) is 16.8 Å². The summed E-state index contributed by atoms with van der Waals surface area (Å²) in [5.41, 5.74) is 4.15. The van der Waals surface area contributed by atoms with Crippen molar-refractivity contribution in [1.29, 1.82) is 0 Å². The minimum absolute atomic E-state index is 0.232. The van der Waals surface area contributed by atoms with Crippen LogP contribution in [0.3, 0.4) is 0 Å². The molecule has 0 spiro atoms. The third kappa shape index (κ3) is 4.42. The van der Waals surface area contributed by atoms with Crippen LogP contribution >= 0.6 is 0 Å². The number of nitrogens with zero attached hydrogens (tertiary/aromatic N) is 2. The summed E-state index contributed by atoms with van der Waals surface area (Å²) in [4.78, 5) is 12.3. The lowest BCUT2D eigenvalue weighted by molar-refractivity contribution is 0.102. The van der Waals surface area contributed by atoms with E-state index in [1.54, 1.807) is 24.3 Å². The van der Waals surface area contributed by atoms with E-state index in [1.807, 2.05) is 32.0 Å². The standard InChI is InChI=1S/C20H19FN4O/c1-13-3-8-17(11-14(13)2)23-20(26)18-9-10-19(25-24-18)22-12-15-4-6-16(21)7-5-15/h3-11H,12H2,1-2H3,(H,22,25)(H,23,26). The summed E-state index contributed by atoms with van der Waals surface area (Å²) in [5, 5.41) is 13.9. The van der Waals surface area contributed by atoms with Crippen LogP contribution in [-0.4, -0.2) is 16.1 Å². The van der Waals surface area contributed by atoms with Gasteiger partial charge in [0.15, 0.2) is 5.69 Å². The number of benzene rings is 2. The highest BCUT2D eigenvalue weighted by molar-refractivity contribution is 6.02. The third-order valence-corrected chi connectivity index (χ3v) is 4.05. The number of carbonyl (C=O) groups excluding carboxylic acids is 1. The molecule has 0 fully saturated rings. The second kappa shape index (κ2) is 7.74. The van der Waals surface area contributed by atoms with Crippen molar-refractivity contribution in [3.63, 3.8) is 0 Å². The van der Waals surface area contributed by atoms with Crippen LogP contribution in [0.25, 0.3) is 0 Å². The minimum atomic E-state index is -0.314. The van der Waals surface area contributed by atoms with E-state index in [9.17, 15) is 9.18 Å². The van der Waals surface area contributed by atoms with Crippen molar-refractivity contribution in [3.8, 4) is 0 Å². The number of halogens is 1. The van der Waals surface area contributed by atoms with Crippen molar-refractivity contribution in [2.75, 3.05) is 10.6 Å². The molecular weight excluding hydrogens is 331 g/mol. The summed E-state index contributed by atoms with van der Waals surface area (Å²) in [5.74, 6) is -0.0458. The highest BCUT2D eigenvalue weighted by atomic mass is 19.1. The third-order valence-electron chi connectivity index (χ3n) is 4.05. The second-order valence-electron chi connectivity index (χ2n) is 6.04. The minimum Gasteiger partial charge on any atom is -0.365 e. The van der Waals surface area contributed by atoms with Crippen LogP contribution < -0.4 is 10.6 Å². The van der Waals surface area contributed by atoms with Gasteiger partial charge in [-0.05, 0) is 66.9 Å². The van der Waals surface area contributed by atoms with Crippen molar-refractivity contribution in [2.45, 2.75) is 20.4 Å². The lowest BCUT2D eigenvalue weighted by Gasteiger charge is -2.08. The van der Waals surface area contributed by atoms with Gasteiger partial charge in [0.1, 0.15) is 11.6 Å². The largest absolute Gasteiger partial charge is 0.365 e. The quantitative estimate of drug-likeness (QED) is 0.727. The van der Waals surface area contributed by atoms with E-state index in [0.29, 0.717) is 12.4 Å². The van der Waals surface area contributed by atoms with Crippen molar-refractivity contribution >= 4 is 17.4 Å². The van der Waals surface area contributed by atoms with Gasteiger partial charge in [-0.25, -0.2) is 4.39 Å². The number of aryl methyl sites for hydroxylation is 2. The normalized spacial score (nSPS) is 10.4. The highest BCUT2D eigenvalue weighted by Crippen LogP contribution is 2.15. The van der Waals surface area contributed by atoms with E-state index in [-0.39, 0.29) is 17.4 Å². The lowest BCUT2D eigenvalue weighted by Crippen LogP contribution is -2.15. The van der Waals surface area contributed by atoms with Gasteiger partial charge in [0.05, 0.1) is 0 Å². The molecule has 2 N–H and O–H groups in total. The first-order chi connectivity index (χ1) is 12.5. The predicted octanol–water partition coefficient (Wildman–Crippen LogP) is 4.10. The molecule has 1 heterocycles. The van der Waals surface area contributed by atoms with Gasteiger partial charge in [0.2, 0.25) is 0 Å². The Bertz CT molecular complexity index is 908.